The number of fused-ring (bicyclic) bond motifs is 1. The Labute approximate surface area is 115 Å². The van der Waals surface area contributed by atoms with Crippen LogP contribution in [0.5, 0.6) is 0 Å². The summed E-state index contributed by atoms with van der Waals surface area (Å²) in [7, 11) is 0. The third-order valence-corrected chi connectivity index (χ3v) is 3.61. The number of benzene rings is 1. The van der Waals surface area contributed by atoms with Crippen LogP contribution in [0.2, 0.25) is 0 Å². The van der Waals surface area contributed by atoms with E-state index < -0.39 is 6.98 Å². The maximum absolute atomic E-state index is 7.48. The minimum atomic E-state index is -2.39. The molecule has 0 radical (unpaired) electrons. The summed E-state index contributed by atoms with van der Waals surface area (Å²) >= 11 is 0. The standard InChI is InChI=1S/C13H19N5O/c1-18-11-6-8(5-10(15)13(11)16-17-18)7-19-12-4-2-3-9(12)14/h5-6,9,12H,2-4,7,14-15H2,1H3/t9-,12-/m1/s1/i1D3. The van der Waals surface area contributed by atoms with Gasteiger partial charge in [-0.2, -0.15) is 0 Å². The zero-order chi connectivity index (χ0) is 15.9. The van der Waals surface area contributed by atoms with E-state index in [1.165, 1.54) is 0 Å². The zero-order valence-corrected chi connectivity index (χ0v) is 10.5. The molecule has 1 aliphatic rings. The van der Waals surface area contributed by atoms with Crippen LogP contribution in [-0.2, 0) is 18.3 Å². The van der Waals surface area contributed by atoms with E-state index in [1.54, 1.807) is 12.1 Å². The van der Waals surface area contributed by atoms with Crippen LogP contribution >= 0.6 is 0 Å². The molecule has 0 amide bonds. The fraction of sp³-hybridized carbons (Fsp3) is 0.538. The molecule has 102 valence electrons. The number of hydrogen-bond acceptors (Lipinski definition) is 5. The lowest BCUT2D eigenvalue weighted by Crippen LogP contribution is -2.31. The number of rotatable bonds is 3. The second-order valence-corrected chi connectivity index (χ2v) is 5.00. The van der Waals surface area contributed by atoms with E-state index in [2.05, 4.69) is 10.3 Å². The van der Waals surface area contributed by atoms with E-state index in [0.29, 0.717) is 23.3 Å². The summed E-state index contributed by atoms with van der Waals surface area (Å²) < 4.78 is 29.2. The van der Waals surface area contributed by atoms with Gasteiger partial charge < -0.3 is 16.2 Å². The lowest BCUT2D eigenvalue weighted by Gasteiger charge is -2.16. The third-order valence-electron chi connectivity index (χ3n) is 3.61. The molecule has 6 heteroatoms. The monoisotopic (exact) mass is 264 g/mol. The van der Waals surface area contributed by atoms with Gasteiger partial charge in [0.2, 0.25) is 0 Å². The smallest absolute Gasteiger partial charge is 0.136 e. The van der Waals surface area contributed by atoms with Gasteiger partial charge in [0, 0.05) is 17.1 Å². The predicted molar refractivity (Wildman–Crippen MR) is 73.3 cm³/mol. The summed E-state index contributed by atoms with van der Waals surface area (Å²) in [6.45, 7) is -2.06. The van der Waals surface area contributed by atoms with Crippen molar-refractivity contribution in [2.75, 3.05) is 5.73 Å². The molecule has 0 aliphatic heterocycles. The van der Waals surface area contributed by atoms with Crippen LogP contribution in [-0.4, -0.2) is 27.1 Å². The average molecular weight is 264 g/mol. The molecular formula is C13H19N5O. The molecule has 1 aromatic heterocycles. The van der Waals surface area contributed by atoms with Crippen LogP contribution in [0.15, 0.2) is 12.1 Å². The van der Waals surface area contributed by atoms with Crippen LogP contribution < -0.4 is 11.5 Å². The van der Waals surface area contributed by atoms with E-state index in [9.17, 15) is 0 Å². The summed E-state index contributed by atoms with van der Waals surface area (Å²) in [6, 6.07) is 3.51. The van der Waals surface area contributed by atoms with Crippen molar-refractivity contribution in [3.05, 3.63) is 17.7 Å². The molecule has 4 N–H and O–H groups in total. The van der Waals surface area contributed by atoms with Crippen molar-refractivity contribution in [2.24, 2.45) is 12.7 Å². The number of ether oxygens (including phenoxy) is 1. The zero-order valence-electron chi connectivity index (χ0n) is 13.5. The molecule has 1 aromatic carbocycles. The van der Waals surface area contributed by atoms with Gasteiger partial charge in [-0.1, -0.05) is 5.21 Å². The Balaban J connectivity index is 1.87. The lowest BCUT2D eigenvalue weighted by molar-refractivity contribution is 0.0358. The molecule has 1 fully saturated rings. The van der Waals surface area contributed by atoms with Gasteiger partial charge in [-0.25, -0.2) is 4.68 Å². The fourth-order valence-electron chi connectivity index (χ4n) is 2.56. The quantitative estimate of drug-likeness (QED) is 0.805. The highest BCUT2D eigenvalue weighted by molar-refractivity contribution is 5.87. The normalized spacial score (nSPS) is 26.3. The third kappa shape index (κ3) is 2.29. The minimum absolute atomic E-state index is 0.0440. The Bertz CT molecular complexity index is 684. The Hall–Kier alpha value is -1.66. The number of nitrogens with two attached hydrogens (primary N) is 2. The van der Waals surface area contributed by atoms with Crippen molar-refractivity contribution in [3.63, 3.8) is 0 Å². The summed E-state index contributed by atoms with van der Waals surface area (Å²) in [5.41, 5.74) is 13.9. The van der Waals surface area contributed by atoms with Crippen LogP contribution in [0.4, 0.5) is 5.69 Å². The molecular weight excluding hydrogens is 242 g/mol. The van der Waals surface area contributed by atoms with Crippen molar-refractivity contribution >= 4 is 16.7 Å². The predicted octanol–water partition coefficient (Wildman–Crippen LogP) is 0.947. The van der Waals surface area contributed by atoms with Gasteiger partial charge in [0.15, 0.2) is 0 Å². The van der Waals surface area contributed by atoms with Crippen molar-refractivity contribution in [3.8, 4) is 0 Å². The van der Waals surface area contributed by atoms with E-state index in [-0.39, 0.29) is 12.1 Å². The van der Waals surface area contributed by atoms with Crippen LogP contribution in [0.3, 0.4) is 0 Å². The largest absolute Gasteiger partial charge is 0.397 e. The molecule has 6 nitrogen and oxygen atoms in total. The first-order valence-electron chi connectivity index (χ1n) is 7.88. The van der Waals surface area contributed by atoms with Crippen molar-refractivity contribution in [1.29, 1.82) is 0 Å². The number of nitrogens with zero attached hydrogens (tertiary/aromatic N) is 3. The van der Waals surface area contributed by atoms with E-state index in [4.69, 9.17) is 20.3 Å². The first kappa shape index (κ1) is 9.28. The number of aryl methyl sites for hydroxylation is 1. The summed E-state index contributed by atoms with van der Waals surface area (Å²) in [4.78, 5) is 0. The van der Waals surface area contributed by atoms with E-state index in [0.717, 1.165) is 29.5 Å². The second-order valence-electron chi connectivity index (χ2n) is 5.00. The van der Waals surface area contributed by atoms with Crippen LogP contribution in [0, 0.1) is 0 Å². The van der Waals surface area contributed by atoms with Gasteiger partial charge in [-0.15, -0.1) is 5.10 Å². The second kappa shape index (κ2) is 4.79. The summed E-state index contributed by atoms with van der Waals surface area (Å²) in [6.07, 6.45) is 3.04. The number of aromatic nitrogens is 3. The average Bonchev–Trinajstić information content (AvgIpc) is 3.02. The van der Waals surface area contributed by atoms with Gasteiger partial charge >= 0.3 is 0 Å². The summed E-state index contributed by atoms with van der Waals surface area (Å²) in [5, 5.41) is 7.52. The molecule has 1 saturated carbocycles. The number of nitrogen functional groups attached to an aromatic ring is 1. The molecule has 0 spiro atoms. The maximum Gasteiger partial charge on any atom is 0.136 e. The van der Waals surface area contributed by atoms with Gasteiger partial charge in [-0.3, -0.25) is 0 Å². The minimum Gasteiger partial charge on any atom is -0.397 e. The summed E-state index contributed by atoms with van der Waals surface area (Å²) in [5.74, 6) is 0. The fourth-order valence-corrected chi connectivity index (χ4v) is 2.56. The van der Waals surface area contributed by atoms with E-state index >= 15 is 0 Å². The maximum atomic E-state index is 7.48. The van der Waals surface area contributed by atoms with E-state index in [1.807, 2.05) is 0 Å². The van der Waals surface area contributed by atoms with Crippen LogP contribution in [0.1, 0.15) is 28.9 Å². The lowest BCUT2D eigenvalue weighted by atomic mass is 10.1. The van der Waals surface area contributed by atoms with Gasteiger partial charge in [-0.05, 0) is 37.0 Å². The molecule has 19 heavy (non-hydrogen) atoms. The van der Waals surface area contributed by atoms with Gasteiger partial charge in [0.25, 0.3) is 0 Å². The molecule has 3 rings (SSSR count). The highest BCUT2D eigenvalue weighted by Gasteiger charge is 2.24. The van der Waals surface area contributed by atoms with Crippen molar-refractivity contribution < 1.29 is 8.85 Å². The molecule has 0 saturated heterocycles. The Morgan fingerprint density at radius 1 is 1.53 bits per heavy atom. The molecule has 0 bridgehead atoms. The highest BCUT2D eigenvalue weighted by Crippen LogP contribution is 2.24. The Morgan fingerprint density at radius 3 is 3.16 bits per heavy atom. The SMILES string of the molecule is [2H]C([2H])([2H])n1nnc2c(N)cc(CO[C@@H]3CCC[C@H]3N)cc21. The molecule has 0 unspecified atom stereocenters. The van der Waals surface area contributed by atoms with Crippen molar-refractivity contribution in [2.45, 2.75) is 38.0 Å². The van der Waals surface area contributed by atoms with Crippen LogP contribution in [0.25, 0.3) is 11.0 Å². The molecule has 1 heterocycles. The van der Waals surface area contributed by atoms with Gasteiger partial charge in [0.1, 0.15) is 5.52 Å². The van der Waals surface area contributed by atoms with Crippen molar-refractivity contribution in [1.82, 2.24) is 15.0 Å². The molecule has 2 atom stereocenters. The topological polar surface area (TPSA) is 92.0 Å². The first-order valence-corrected chi connectivity index (χ1v) is 6.38. The number of anilines is 1. The highest BCUT2D eigenvalue weighted by atomic mass is 16.5. The Kier molecular flexibility index (Phi) is 2.34. The van der Waals surface area contributed by atoms with Gasteiger partial charge in [0.05, 0.1) is 23.9 Å². The Morgan fingerprint density at radius 2 is 2.42 bits per heavy atom. The molecule has 1 aliphatic carbocycles. The number of hydrogen-bond donors (Lipinski definition) is 2. The first-order chi connectivity index (χ1) is 10.4. The molecule has 2 aromatic rings.